The third kappa shape index (κ3) is 3.84. The Bertz CT molecular complexity index is 972. The van der Waals surface area contributed by atoms with Gasteiger partial charge >= 0.3 is 0 Å². The first-order chi connectivity index (χ1) is 14.2. The number of hydrogen-bond acceptors (Lipinski definition) is 6. The van der Waals surface area contributed by atoms with E-state index in [1.54, 1.807) is 13.1 Å². The van der Waals surface area contributed by atoms with Crippen LogP contribution in [0.5, 0.6) is 10.9 Å². The average Bonchev–Trinajstić information content (AvgIpc) is 3.25. The first kappa shape index (κ1) is 18.5. The van der Waals surface area contributed by atoms with E-state index < -0.39 is 0 Å². The molecule has 2 bridgehead atoms. The molecule has 0 radical (unpaired) electrons. The number of carbonyl (C=O) groups excluding carboxylic acids is 1. The molecule has 1 aromatic carbocycles. The van der Waals surface area contributed by atoms with Crippen LogP contribution in [0, 0.1) is 0 Å². The van der Waals surface area contributed by atoms with Crippen LogP contribution in [0.3, 0.4) is 0 Å². The lowest BCUT2D eigenvalue weighted by Crippen LogP contribution is -2.50. The average molecular weight is 409 g/mol. The molecular formula is C22H24N4O2S. The topological polar surface area (TPSA) is 67.4 Å². The third-order valence-corrected chi connectivity index (χ3v) is 6.82. The van der Waals surface area contributed by atoms with Gasteiger partial charge in [0.15, 0.2) is 0 Å². The lowest BCUT2D eigenvalue weighted by Gasteiger charge is -2.38. The molecule has 2 aliphatic rings. The normalized spacial score (nSPS) is 23.5. The smallest absolute Gasteiger partial charge is 0.281 e. The van der Waals surface area contributed by atoms with Crippen LogP contribution in [0.25, 0.3) is 10.3 Å². The van der Waals surface area contributed by atoms with Crippen LogP contribution in [0.15, 0.2) is 42.6 Å². The van der Waals surface area contributed by atoms with Crippen molar-refractivity contribution in [2.24, 2.45) is 0 Å². The number of aromatic nitrogens is 2. The monoisotopic (exact) mass is 408 g/mol. The minimum Gasteiger partial charge on any atom is -0.431 e. The summed E-state index contributed by atoms with van der Waals surface area (Å²) in [6.45, 7) is 2.53. The van der Waals surface area contributed by atoms with Crippen LogP contribution in [0.1, 0.15) is 38.2 Å². The van der Waals surface area contributed by atoms with Gasteiger partial charge in [-0.1, -0.05) is 23.5 Å². The van der Waals surface area contributed by atoms with E-state index >= 15 is 0 Å². The molecule has 1 N–H and O–H groups in total. The van der Waals surface area contributed by atoms with Gasteiger partial charge in [-0.2, -0.15) is 0 Å². The van der Waals surface area contributed by atoms with Gasteiger partial charge in [0, 0.05) is 37.8 Å². The lowest BCUT2D eigenvalue weighted by atomic mass is 9.97. The molecule has 3 atom stereocenters. The molecule has 2 fully saturated rings. The summed E-state index contributed by atoms with van der Waals surface area (Å²) in [5.41, 5.74) is 2.09. The summed E-state index contributed by atoms with van der Waals surface area (Å²) < 4.78 is 5.89. The number of piperidine rings is 1. The number of nitrogens with one attached hydrogen (secondary N) is 1. The molecule has 2 saturated heterocycles. The third-order valence-electron chi connectivity index (χ3n) is 5.97. The highest BCUT2D eigenvalue weighted by Gasteiger charge is 2.41. The predicted molar refractivity (Wildman–Crippen MR) is 113 cm³/mol. The Morgan fingerprint density at radius 1 is 1.21 bits per heavy atom. The van der Waals surface area contributed by atoms with Gasteiger partial charge in [-0.25, -0.2) is 9.97 Å². The Balaban J connectivity index is 1.17. The summed E-state index contributed by atoms with van der Waals surface area (Å²) in [5.74, 6) is 1.01. The van der Waals surface area contributed by atoms with Crippen molar-refractivity contribution in [3.8, 4) is 10.9 Å². The zero-order valence-corrected chi connectivity index (χ0v) is 17.2. The van der Waals surface area contributed by atoms with Gasteiger partial charge in [-0.3, -0.25) is 4.79 Å². The summed E-state index contributed by atoms with van der Waals surface area (Å²) in [7, 11) is 0. The summed E-state index contributed by atoms with van der Waals surface area (Å²) >= 11 is 1.45. The number of amides is 1. The second kappa shape index (κ2) is 7.72. The fourth-order valence-corrected chi connectivity index (χ4v) is 5.47. The van der Waals surface area contributed by atoms with E-state index in [1.807, 2.05) is 24.3 Å². The van der Waals surface area contributed by atoms with Gasteiger partial charge in [0.05, 0.1) is 0 Å². The first-order valence-corrected chi connectivity index (χ1v) is 11.0. The second-order valence-corrected chi connectivity index (χ2v) is 8.85. The van der Waals surface area contributed by atoms with E-state index in [0.717, 1.165) is 48.3 Å². The number of ether oxygens (including phenoxy) is 1. The highest BCUT2D eigenvalue weighted by molar-refractivity contribution is 7.19. The molecule has 0 aliphatic carbocycles. The fraction of sp³-hybridized carbons (Fsp3) is 0.409. The number of rotatable bonds is 5. The molecule has 3 aromatic rings. The van der Waals surface area contributed by atoms with Crippen molar-refractivity contribution in [1.29, 1.82) is 0 Å². The molecule has 29 heavy (non-hydrogen) atoms. The maximum Gasteiger partial charge on any atom is 0.281 e. The van der Waals surface area contributed by atoms with Gasteiger partial charge in [0.2, 0.25) is 5.91 Å². The van der Waals surface area contributed by atoms with Gasteiger partial charge in [0.1, 0.15) is 16.1 Å². The molecule has 2 aliphatic heterocycles. The Labute approximate surface area is 173 Å². The van der Waals surface area contributed by atoms with Crippen LogP contribution < -0.4 is 10.1 Å². The summed E-state index contributed by atoms with van der Waals surface area (Å²) in [6, 6.07) is 13.3. The van der Waals surface area contributed by atoms with Crippen LogP contribution in [0.2, 0.25) is 0 Å². The maximum absolute atomic E-state index is 11.8. The van der Waals surface area contributed by atoms with E-state index in [4.69, 9.17) is 4.74 Å². The van der Waals surface area contributed by atoms with Crippen molar-refractivity contribution >= 4 is 27.6 Å². The van der Waals surface area contributed by atoms with Gasteiger partial charge < -0.3 is 15.0 Å². The number of benzene rings is 1. The van der Waals surface area contributed by atoms with Crippen molar-refractivity contribution in [1.82, 2.24) is 20.2 Å². The fourth-order valence-electron chi connectivity index (χ4n) is 4.69. The summed E-state index contributed by atoms with van der Waals surface area (Å²) in [4.78, 5) is 23.6. The number of carbonyl (C=O) groups is 1. The van der Waals surface area contributed by atoms with Crippen molar-refractivity contribution < 1.29 is 9.53 Å². The molecular weight excluding hydrogens is 384 g/mol. The van der Waals surface area contributed by atoms with E-state index in [-0.39, 0.29) is 5.91 Å². The largest absolute Gasteiger partial charge is 0.431 e. The van der Waals surface area contributed by atoms with E-state index in [2.05, 4.69) is 32.3 Å². The standard InChI is InChI=1S/C22H24N4O2S/c1-14(27)26-17-6-7-18(26)12-16(11-17)24-13-15-4-8-19(9-5-15)28-22-25-20-3-2-10-23-21(20)29-22/h2-5,8-10,16-18,24H,6-7,11-13H2,1H3/t16?,17-,18+. The SMILES string of the molecule is CC(=O)N1[C@@H]2CC[C@H]1CC(NCc1ccc(Oc3nc4cccnc4s3)cc1)C2. The summed E-state index contributed by atoms with van der Waals surface area (Å²) in [5, 5.41) is 4.30. The Hall–Kier alpha value is -2.51. The lowest BCUT2D eigenvalue weighted by molar-refractivity contribution is -0.133. The van der Waals surface area contributed by atoms with Crippen molar-refractivity contribution in [2.75, 3.05) is 0 Å². The number of hydrogen-bond donors (Lipinski definition) is 1. The zero-order chi connectivity index (χ0) is 19.8. The van der Waals surface area contributed by atoms with Crippen LogP contribution >= 0.6 is 11.3 Å². The number of thiazole rings is 1. The van der Waals surface area contributed by atoms with Crippen molar-refractivity contribution in [3.63, 3.8) is 0 Å². The Morgan fingerprint density at radius 3 is 2.66 bits per heavy atom. The Morgan fingerprint density at radius 2 is 1.97 bits per heavy atom. The minimum atomic E-state index is 0.232. The van der Waals surface area contributed by atoms with Crippen LogP contribution in [0.4, 0.5) is 0 Å². The molecule has 1 unspecified atom stereocenters. The minimum absolute atomic E-state index is 0.232. The number of fused-ring (bicyclic) bond motifs is 3. The van der Waals surface area contributed by atoms with Crippen LogP contribution in [-0.2, 0) is 11.3 Å². The highest BCUT2D eigenvalue weighted by Crippen LogP contribution is 2.36. The van der Waals surface area contributed by atoms with Crippen LogP contribution in [-0.4, -0.2) is 38.9 Å². The van der Waals surface area contributed by atoms with E-state index in [1.165, 1.54) is 16.9 Å². The molecule has 2 aromatic heterocycles. The van der Waals surface area contributed by atoms with E-state index in [0.29, 0.717) is 23.3 Å². The molecule has 0 spiro atoms. The second-order valence-electron chi connectivity index (χ2n) is 7.91. The summed E-state index contributed by atoms with van der Waals surface area (Å²) in [6.07, 6.45) is 6.18. The number of nitrogens with zero attached hydrogens (tertiary/aromatic N) is 3. The molecule has 1 amide bonds. The van der Waals surface area contributed by atoms with Gasteiger partial charge in [-0.15, -0.1) is 0 Å². The Kier molecular flexibility index (Phi) is 4.93. The molecule has 6 nitrogen and oxygen atoms in total. The maximum atomic E-state index is 11.8. The van der Waals surface area contributed by atoms with Crippen molar-refractivity contribution in [2.45, 2.75) is 57.3 Å². The van der Waals surface area contributed by atoms with Gasteiger partial charge in [-0.05, 0) is 55.5 Å². The molecule has 150 valence electrons. The zero-order valence-electron chi connectivity index (χ0n) is 16.4. The predicted octanol–water partition coefficient (Wildman–Crippen LogP) is 4.12. The van der Waals surface area contributed by atoms with Crippen molar-refractivity contribution in [3.05, 3.63) is 48.2 Å². The molecule has 5 rings (SSSR count). The quantitative estimate of drug-likeness (QED) is 0.688. The highest BCUT2D eigenvalue weighted by atomic mass is 32.1. The van der Waals surface area contributed by atoms with Gasteiger partial charge in [0.25, 0.3) is 5.19 Å². The molecule has 0 saturated carbocycles. The molecule has 7 heteroatoms. The molecule has 4 heterocycles. The number of pyridine rings is 1. The van der Waals surface area contributed by atoms with E-state index in [9.17, 15) is 4.79 Å². The first-order valence-electron chi connectivity index (χ1n) is 10.2.